The predicted molar refractivity (Wildman–Crippen MR) is 70.6 cm³/mol. The summed E-state index contributed by atoms with van der Waals surface area (Å²) in [5, 5.41) is 7.20. The topological polar surface area (TPSA) is 98.2 Å². The largest absolute Gasteiger partial charge is 0.465 e. The molecule has 1 aromatic carbocycles. The van der Waals surface area contributed by atoms with E-state index in [4.69, 9.17) is 0 Å². The van der Waals surface area contributed by atoms with Crippen LogP contribution in [0, 0.1) is 0 Å². The van der Waals surface area contributed by atoms with E-state index < -0.39 is 16.0 Å². The van der Waals surface area contributed by atoms with Gasteiger partial charge in [-0.15, -0.1) is 5.10 Å². The van der Waals surface area contributed by atoms with Crippen molar-refractivity contribution in [3.05, 3.63) is 48.2 Å². The molecule has 8 heteroatoms. The van der Waals surface area contributed by atoms with Crippen LogP contribution in [0.2, 0.25) is 0 Å². The molecule has 0 aliphatic carbocycles. The van der Waals surface area contributed by atoms with Gasteiger partial charge in [-0.25, -0.2) is 13.2 Å². The average Bonchev–Trinajstić information content (AvgIpc) is 2.47. The quantitative estimate of drug-likeness (QED) is 0.846. The summed E-state index contributed by atoms with van der Waals surface area (Å²) in [6, 6.07) is 8.73. The molecule has 2 aromatic rings. The molecule has 0 aliphatic heterocycles. The highest BCUT2D eigenvalue weighted by atomic mass is 32.2. The molecule has 0 atom stereocenters. The second kappa shape index (κ2) is 5.66. The van der Waals surface area contributed by atoms with Crippen molar-refractivity contribution in [3.8, 4) is 0 Å². The number of nitrogens with zero attached hydrogens (tertiary/aromatic N) is 2. The Morgan fingerprint density at radius 2 is 1.95 bits per heavy atom. The summed E-state index contributed by atoms with van der Waals surface area (Å²) in [7, 11) is -2.77. The van der Waals surface area contributed by atoms with Gasteiger partial charge >= 0.3 is 5.97 Å². The summed E-state index contributed by atoms with van der Waals surface area (Å²) in [4.78, 5) is 11.4. The zero-order chi connectivity index (χ0) is 14.6. The van der Waals surface area contributed by atoms with Crippen LogP contribution in [0.4, 0.5) is 5.82 Å². The van der Waals surface area contributed by atoms with Gasteiger partial charge in [-0.05, 0) is 24.3 Å². The molecule has 0 saturated heterocycles. The number of hydrogen-bond acceptors (Lipinski definition) is 6. The van der Waals surface area contributed by atoms with Crippen LogP contribution in [0.1, 0.15) is 10.4 Å². The molecule has 1 aromatic heterocycles. The van der Waals surface area contributed by atoms with Gasteiger partial charge in [0.25, 0.3) is 10.0 Å². The molecule has 0 amide bonds. The zero-order valence-corrected chi connectivity index (χ0v) is 11.3. The lowest BCUT2D eigenvalue weighted by Gasteiger charge is -2.09. The van der Waals surface area contributed by atoms with E-state index in [1.807, 2.05) is 0 Å². The van der Waals surface area contributed by atoms with E-state index in [0.29, 0.717) is 0 Å². The van der Waals surface area contributed by atoms with Gasteiger partial charge in [0.05, 0.1) is 12.7 Å². The van der Waals surface area contributed by atoms with Crippen LogP contribution in [-0.4, -0.2) is 31.7 Å². The summed E-state index contributed by atoms with van der Waals surface area (Å²) in [6.45, 7) is 0. The van der Waals surface area contributed by atoms with Crippen molar-refractivity contribution >= 4 is 21.8 Å². The van der Waals surface area contributed by atoms with Gasteiger partial charge in [0.1, 0.15) is 4.90 Å². The lowest BCUT2D eigenvalue weighted by atomic mass is 10.2. The third-order valence-corrected chi connectivity index (χ3v) is 3.81. The number of carbonyl (C=O) groups is 1. The van der Waals surface area contributed by atoms with Crippen molar-refractivity contribution in [3.63, 3.8) is 0 Å². The highest BCUT2D eigenvalue weighted by molar-refractivity contribution is 7.92. The fourth-order valence-corrected chi connectivity index (χ4v) is 2.72. The first kappa shape index (κ1) is 13.9. The van der Waals surface area contributed by atoms with Crippen LogP contribution in [0.15, 0.2) is 47.5 Å². The summed E-state index contributed by atoms with van der Waals surface area (Å²) in [5.74, 6) is -0.669. The molecule has 0 unspecified atom stereocenters. The lowest BCUT2D eigenvalue weighted by Crippen LogP contribution is -2.18. The number of esters is 1. The molecular weight excluding hydrogens is 282 g/mol. The second-order valence-electron chi connectivity index (χ2n) is 3.70. The maximum Gasteiger partial charge on any atom is 0.339 e. The van der Waals surface area contributed by atoms with Crippen LogP contribution in [0.5, 0.6) is 0 Å². The number of sulfonamides is 1. The molecule has 1 heterocycles. The van der Waals surface area contributed by atoms with E-state index >= 15 is 0 Å². The molecule has 0 fully saturated rings. The van der Waals surface area contributed by atoms with Crippen LogP contribution in [-0.2, 0) is 14.8 Å². The maximum absolute atomic E-state index is 12.3. The Kier molecular flexibility index (Phi) is 3.94. The molecule has 0 radical (unpaired) electrons. The molecule has 104 valence electrons. The number of aromatic nitrogens is 2. The van der Waals surface area contributed by atoms with E-state index in [2.05, 4.69) is 19.7 Å². The molecule has 0 saturated carbocycles. The van der Waals surface area contributed by atoms with Gasteiger partial charge in [0.15, 0.2) is 5.82 Å². The Morgan fingerprint density at radius 1 is 1.20 bits per heavy atom. The third kappa shape index (κ3) is 2.91. The Bertz CT molecular complexity index is 716. The average molecular weight is 293 g/mol. The number of anilines is 1. The molecule has 7 nitrogen and oxygen atoms in total. The Balaban J connectivity index is 2.42. The van der Waals surface area contributed by atoms with Crippen LogP contribution < -0.4 is 4.72 Å². The first-order valence-electron chi connectivity index (χ1n) is 5.52. The number of nitrogens with one attached hydrogen (secondary N) is 1. The summed E-state index contributed by atoms with van der Waals surface area (Å²) in [6.07, 6.45) is 1.42. The number of rotatable bonds is 4. The van der Waals surface area contributed by atoms with Gasteiger partial charge in [-0.3, -0.25) is 4.72 Å². The van der Waals surface area contributed by atoms with Gasteiger partial charge in [-0.2, -0.15) is 5.10 Å². The highest BCUT2D eigenvalue weighted by Crippen LogP contribution is 2.19. The highest BCUT2D eigenvalue weighted by Gasteiger charge is 2.23. The van der Waals surface area contributed by atoms with Crippen molar-refractivity contribution < 1.29 is 17.9 Å². The smallest absolute Gasteiger partial charge is 0.339 e. The third-order valence-electron chi connectivity index (χ3n) is 2.39. The number of benzene rings is 1. The van der Waals surface area contributed by atoms with E-state index in [9.17, 15) is 13.2 Å². The number of ether oxygens (including phenoxy) is 1. The molecule has 20 heavy (non-hydrogen) atoms. The molecule has 1 N–H and O–H groups in total. The molecular formula is C12H11N3O4S. The van der Waals surface area contributed by atoms with E-state index in [0.717, 1.165) is 0 Å². The minimum absolute atomic E-state index is 0.0496. The van der Waals surface area contributed by atoms with Gasteiger partial charge in [0.2, 0.25) is 0 Å². The fraction of sp³-hybridized carbons (Fsp3) is 0.0833. The van der Waals surface area contributed by atoms with Gasteiger partial charge in [-0.1, -0.05) is 12.1 Å². The maximum atomic E-state index is 12.3. The van der Waals surface area contributed by atoms with Crippen LogP contribution in [0.3, 0.4) is 0 Å². The Hall–Kier alpha value is -2.48. The van der Waals surface area contributed by atoms with Crippen LogP contribution >= 0.6 is 0 Å². The Labute approximate surface area is 115 Å². The molecule has 0 bridgehead atoms. The van der Waals surface area contributed by atoms with E-state index in [1.54, 1.807) is 6.07 Å². The first-order chi connectivity index (χ1) is 9.54. The van der Waals surface area contributed by atoms with Crippen molar-refractivity contribution in [1.29, 1.82) is 0 Å². The van der Waals surface area contributed by atoms with Crippen molar-refractivity contribution in [2.75, 3.05) is 11.8 Å². The fourth-order valence-electron chi connectivity index (χ4n) is 1.53. The van der Waals surface area contributed by atoms with Crippen LogP contribution in [0.25, 0.3) is 0 Å². The van der Waals surface area contributed by atoms with Gasteiger partial charge < -0.3 is 4.74 Å². The van der Waals surface area contributed by atoms with E-state index in [1.165, 1.54) is 43.6 Å². The summed E-state index contributed by atoms with van der Waals surface area (Å²) < 4.78 is 31.3. The number of hydrogen-bond donors (Lipinski definition) is 1. The van der Waals surface area contributed by atoms with Crippen molar-refractivity contribution in [2.45, 2.75) is 4.90 Å². The lowest BCUT2D eigenvalue weighted by molar-refractivity contribution is 0.0596. The van der Waals surface area contributed by atoms with E-state index in [-0.39, 0.29) is 16.3 Å². The minimum atomic E-state index is -3.95. The second-order valence-corrected chi connectivity index (χ2v) is 5.35. The molecule has 2 rings (SSSR count). The first-order valence-corrected chi connectivity index (χ1v) is 7.01. The van der Waals surface area contributed by atoms with Crippen molar-refractivity contribution in [2.24, 2.45) is 0 Å². The normalized spacial score (nSPS) is 10.8. The predicted octanol–water partition coefficient (Wildman–Crippen LogP) is 1.06. The van der Waals surface area contributed by atoms with Crippen molar-refractivity contribution in [1.82, 2.24) is 10.2 Å². The molecule has 0 aliphatic rings. The number of carbonyl (C=O) groups excluding carboxylic acids is 1. The SMILES string of the molecule is COC(=O)c1ccccc1S(=O)(=O)Nc1cccnn1. The van der Waals surface area contributed by atoms with Gasteiger partial charge in [0, 0.05) is 6.20 Å². The summed E-state index contributed by atoms with van der Waals surface area (Å²) in [5.41, 5.74) is -0.0496. The molecule has 0 spiro atoms. The minimum Gasteiger partial charge on any atom is -0.465 e. The Morgan fingerprint density at radius 3 is 2.60 bits per heavy atom. The summed E-state index contributed by atoms with van der Waals surface area (Å²) >= 11 is 0. The number of methoxy groups -OCH3 is 1. The zero-order valence-electron chi connectivity index (χ0n) is 10.5. The standard InChI is InChI=1S/C12H11N3O4S/c1-19-12(16)9-5-2-3-6-10(9)20(17,18)15-11-7-4-8-13-14-11/h2-8H,1H3,(H,14,15). The monoisotopic (exact) mass is 293 g/mol.